The summed E-state index contributed by atoms with van der Waals surface area (Å²) < 4.78 is 1.95. The van der Waals surface area contributed by atoms with Crippen LogP contribution in [0.4, 0.5) is 0 Å². The van der Waals surface area contributed by atoms with Crippen molar-refractivity contribution >= 4 is 0 Å². The van der Waals surface area contributed by atoms with E-state index in [0.29, 0.717) is 11.7 Å². The molecule has 2 aromatic rings. The number of aromatic hydroxyl groups is 1. The van der Waals surface area contributed by atoms with Crippen molar-refractivity contribution in [2.45, 2.75) is 27.3 Å². The summed E-state index contributed by atoms with van der Waals surface area (Å²) in [5.41, 5.74) is 3.24. The lowest BCUT2D eigenvalue weighted by Gasteiger charge is -2.05. The molecular formula is C14H18N2O. The van der Waals surface area contributed by atoms with Crippen LogP contribution in [-0.2, 0) is 6.54 Å². The zero-order chi connectivity index (χ0) is 12.4. The maximum absolute atomic E-state index is 9.52. The predicted molar refractivity (Wildman–Crippen MR) is 68.9 cm³/mol. The van der Waals surface area contributed by atoms with Crippen LogP contribution in [0.15, 0.2) is 30.6 Å². The van der Waals surface area contributed by atoms with Crippen molar-refractivity contribution in [3.8, 4) is 16.9 Å². The molecule has 0 radical (unpaired) electrons. The van der Waals surface area contributed by atoms with E-state index in [-0.39, 0.29) is 0 Å². The average molecular weight is 230 g/mol. The Morgan fingerprint density at radius 2 is 2.12 bits per heavy atom. The second kappa shape index (κ2) is 4.62. The number of aryl methyl sites for hydroxylation is 1. The van der Waals surface area contributed by atoms with Gasteiger partial charge in [0.2, 0.25) is 0 Å². The van der Waals surface area contributed by atoms with Crippen LogP contribution in [0, 0.1) is 12.8 Å². The molecule has 17 heavy (non-hydrogen) atoms. The molecule has 0 aliphatic rings. The standard InChI is InChI=1S/C14H18N2O/c1-10(2)8-16-9-12(7-15-16)14-6-13(17)5-4-11(14)3/h4-7,9-10,17H,8H2,1-3H3. The molecule has 0 unspecified atom stereocenters. The quantitative estimate of drug-likeness (QED) is 0.879. The van der Waals surface area contributed by atoms with Crippen LogP contribution in [0.2, 0.25) is 0 Å². The monoisotopic (exact) mass is 230 g/mol. The number of nitrogens with zero attached hydrogens (tertiary/aromatic N) is 2. The van der Waals surface area contributed by atoms with Crippen LogP contribution in [-0.4, -0.2) is 14.9 Å². The van der Waals surface area contributed by atoms with E-state index in [2.05, 4.69) is 18.9 Å². The van der Waals surface area contributed by atoms with Gasteiger partial charge in [-0.2, -0.15) is 5.10 Å². The number of hydrogen-bond acceptors (Lipinski definition) is 2. The third-order valence-electron chi connectivity index (χ3n) is 2.72. The van der Waals surface area contributed by atoms with Gasteiger partial charge in [-0.25, -0.2) is 0 Å². The van der Waals surface area contributed by atoms with E-state index in [9.17, 15) is 5.11 Å². The minimum atomic E-state index is 0.294. The molecule has 0 bridgehead atoms. The zero-order valence-electron chi connectivity index (χ0n) is 10.5. The number of hydrogen-bond donors (Lipinski definition) is 1. The van der Waals surface area contributed by atoms with Gasteiger partial charge in [0.15, 0.2) is 0 Å². The van der Waals surface area contributed by atoms with Gasteiger partial charge < -0.3 is 5.11 Å². The Labute approximate surface area is 102 Å². The molecule has 1 heterocycles. The molecule has 3 heteroatoms. The topological polar surface area (TPSA) is 38.1 Å². The first-order chi connectivity index (χ1) is 8.06. The van der Waals surface area contributed by atoms with E-state index in [1.54, 1.807) is 12.1 Å². The number of aromatic nitrogens is 2. The number of phenolic OH excluding ortho intramolecular Hbond substituents is 1. The summed E-state index contributed by atoms with van der Waals surface area (Å²) in [6.45, 7) is 7.29. The van der Waals surface area contributed by atoms with E-state index in [4.69, 9.17) is 0 Å². The molecular weight excluding hydrogens is 212 g/mol. The van der Waals surface area contributed by atoms with E-state index < -0.39 is 0 Å². The van der Waals surface area contributed by atoms with E-state index in [1.807, 2.05) is 30.1 Å². The largest absolute Gasteiger partial charge is 0.508 e. The summed E-state index contributed by atoms with van der Waals surface area (Å²) in [4.78, 5) is 0. The van der Waals surface area contributed by atoms with Crippen LogP contribution in [0.3, 0.4) is 0 Å². The second-order valence-electron chi connectivity index (χ2n) is 4.84. The van der Waals surface area contributed by atoms with Gasteiger partial charge in [0.25, 0.3) is 0 Å². The lowest BCUT2D eigenvalue weighted by atomic mass is 10.0. The number of benzene rings is 1. The van der Waals surface area contributed by atoms with Crippen molar-refractivity contribution in [2.24, 2.45) is 5.92 Å². The van der Waals surface area contributed by atoms with Crippen LogP contribution >= 0.6 is 0 Å². The third kappa shape index (κ3) is 2.67. The molecule has 3 nitrogen and oxygen atoms in total. The van der Waals surface area contributed by atoms with Crippen LogP contribution in [0.25, 0.3) is 11.1 Å². The van der Waals surface area contributed by atoms with Crippen molar-refractivity contribution in [1.29, 1.82) is 0 Å². The fourth-order valence-electron chi connectivity index (χ4n) is 1.90. The molecule has 0 atom stereocenters. The van der Waals surface area contributed by atoms with Crippen molar-refractivity contribution < 1.29 is 5.11 Å². The molecule has 0 amide bonds. The molecule has 0 aliphatic heterocycles. The number of rotatable bonds is 3. The predicted octanol–water partition coefficient (Wildman–Crippen LogP) is 3.22. The fourth-order valence-corrected chi connectivity index (χ4v) is 1.90. The van der Waals surface area contributed by atoms with Gasteiger partial charge in [-0.3, -0.25) is 4.68 Å². The molecule has 90 valence electrons. The molecule has 0 fully saturated rings. The maximum Gasteiger partial charge on any atom is 0.116 e. The molecule has 0 aliphatic carbocycles. The van der Waals surface area contributed by atoms with Gasteiger partial charge in [-0.05, 0) is 36.1 Å². The van der Waals surface area contributed by atoms with E-state index in [1.165, 1.54) is 0 Å². The first kappa shape index (κ1) is 11.7. The molecule has 1 N–H and O–H groups in total. The average Bonchev–Trinajstić information content (AvgIpc) is 2.69. The molecule has 2 rings (SSSR count). The van der Waals surface area contributed by atoms with Gasteiger partial charge in [0.05, 0.1) is 6.20 Å². The Morgan fingerprint density at radius 3 is 2.82 bits per heavy atom. The Balaban J connectivity index is 2.33. The van der Waals surface area contributed by atoms with Crippen LogP contribution in [0.1, 0.15) is 19.4 Å². The highest BCUT2D eigenvalue weighted by Gasteiger charge is 2.06. The Bertz CT molecular complexity index is 515. The zero-order valence-corrected chi connectivity index (χ0v) is 10.5. The molecule has 0 saturated carbocycles. The highest BCUT2D eigenvalue weighted by atomic mass is 16.3. The normalized spacial score (nSPS) is 11.1. The molecule has 0 saturated heterocycles. The molecule has 1 aromatic heterocycles. The summed E-state index contributed by atoms with van der Waals surface area (Å²) in [6.07, 6.45) is 3.88. The SMILES string of the molecule is Cc1ccc(O)cc1-c1cnn(CC(C)C)c1. The molecule has 1 aromatic carbocycles. The highest BCUT2D eigenvalue weighted by molar-refractivity contribution is 5.67. The fraction of sp³-hybridized carbons (Fsp3) is 0.357. The van der Waals surface area contributed by atoms with Gasteiger partial charge in [-0.15, -0.1) is 0 Å². The van der Waals surface area contributed by atoms with Gasteiger partial charge >= 0.3 is 0 Å². The Kier molecular flexibility index (Phi) is 3.18. The summed E-state index contributed by atoms with van der Waals surface area (Å²) in [5.74, 6) is 0.871. The van der Waals surface area contributed by atoms with Gasteiger partial charge in [0.1, 0.15) is 5.75 Å². The van der Waals surface area contributed by atoms with Crippen molar-refractivity contribution in [1.82, 2.24) is 9.78 Å². The van der Waals surface area contributed by atoms with Crippen LogP contribution < -0.4 is 0 Å². The highest BCUT2D eigenvalue weighted by Crippen LogP contribution is 2.26. The lowest BCUT2D eigenvalue weighted by molar-refractivity contribution is 0.475. The van der Waals surface area contributed by atoms with E-state index in [0.717, 1.165) is 23.2 Å². The van der Waals surface area contributed by atoms with Gasteiger partial charge in [0, 0.05) is 18.3 Å². The van der Waals surface area contributed by atoms with Crippen molar-refractivity contribution in [2.75, 3.05) is 0 Å². The summed E-state index contributed by atoms with van der Waals surface area (Å²) >= 11 is 0. The summed E-state index contributed by atoms with van der Waals surface area (Å²) in [6, 6.07) is 5.41. The summed E-state index contributed by atoms with van der Waals surface area (Å²) in [7, 11) is 0. The van der Waals surface area contributed by atoms with Crippen LogP contribution in [0.5, 0.6) is 5.75 Å². The maximum atomic E-state index is 9.52. The Morgan fingerprint density at radius 1 is 1.35 bits per heavy atom. The van der Waals surface area contributed by atoms with E-state index >= 15 is 0 Å². The number of phenols is 1. The first-order valence-electron chi connectivity index (χ1n) is 5.88. The Hall–Kier alpha value is -1.77. The minimum absolute atomic E-state index is 0.294. The third-order valence-corrected chi connectivity index (χ3v) is 2.72. The van der Waals surface area contributed by atoms with Crippen molar-refractivity contribution in [3.63, 3.8) is 0 Å². The van der Waals surface area contributed by atoms with Crippen molar-refractivity contribution in [3.05, 3.63) is 36.2 Å². The minimum Gasteiger partial charge on any atom is -0.508 e. The molecule has 0 spiro atoms. The summed E-state index contributed by atoms with van der Waals surface area (Å²) in [5, 5.41) is 13.9. The van der Waals surface area contributed by atoms with Gasteiger partial charge in [-0.1, -0.05) is 19.9 Å². The smallest absolute Gasteiger partial charge is 0.116 e. The second-order valence-corrected chi connectivity index (χ2v) is 4.84. The lowest BCUT2D eigenvalue weighted by Crippen LogP contribution is -2.03. The first-order valence-corrected chi connectivity index (χ1v) is 5.88.